The van der Waals surface area contributed by atoms with Gasteiger partial charge in [-0.3, -0.25) is 9.78 Å². The second kappa shape index (κ2) is 6.45. The van der Waals surface area contributed by atoms with Crippen LogP contribution in [0, 0.1) is 0 Å². The molecule has 0 aliphatic carbocycles. The summed E-state index contributed by atoms with van der Waals surface area (Å²) >= 11 is 0. The molecule has 0 bridgehead atoms. The van der Waals surface area contributed by atoms with Crippen molar-refractivity contribution in [2.45, 2.75) is 26.3 Å². The summed E-state index contributed by atoms with van der Waals surface area (Å²) in [7, 11) is 2.14. The first-order valence-electron chi connectivity index (χ1n) is 9.05. The van der Waals surface area contributed by atoms with Gasteiger partial charge in [-0.25, -0.2) is 0 Å². The third-order valence-electron chi connectivity index (χ3n) is 5.11. The van der Waals surface area contributed by atoms with Crippen molar-refractivity contribution in [3.63, 3.8) is 0 Å². The predicted molar refractivity (Wildman–Crippen MR) is 107 cm³/mol. The van der Waals surface area contributed by atoms with Gasteiger partial charge < -0.3 is 9.47 Å². The molecular formula is C22H23N3O. The summed E-state index contributed by atoms with van der Waals surface area (Å²) in [6, 6.07) is 12.4. The van der Waals surface area contributed by atoms with Crippen LogP contribution in [0.3, 0.4) is 0 Å². The molecule has 1 aliphatic rings. The molecule has 1 aromatic carbocycles. The lowest BCUT2D eigenvalue weighted by atomic mass is 10.0. The summed E-state index contributed by atoms with van der Waals surface area (Å²) in [5, 5.41) is 0. The van der Waals surface area contributed by atoms with Gasteiger partial charge in [0.1, 0.15) is 0 Å². The van der Waals surface area contributed by atoms with Crippen LogP contribution in [-0.2, 0) is 6.42 Å². The fourth-order valence-electron chi connectivity index (χ4n) is 3.58. The van der Waals surface area contributed by atoms with E-state index in [-0.39, 0.29) is 11.6 Å². The zero-order chi connectivity index (χ0) is 18.3. The van der Waals surface area contributed by atoms with E-state index in [0.717, 1.165) is 29.7 Å². The Morgan fingerprint density at radius 3 is 2.46 bits per heavy atom. The Morgan fingerprint density at radius 1 is 0.962 bits per heavy atom. The van der Waals surface area contributed by atoms with Crippen molar-refractivity contribution < 1.29 is 0 Å². The summed E-state index contributed by atoms with van der Waals surface area (Å²) in [6.45, 7) is 5.11. The molecular weight excluding hydrogens is 322 g/mol. The number of benzene rings is 1. The molecule has 26 heavy (non-hydrogen) atoms. The minimum atomic E-state index is 0.0237. The summed E-state index contributed by atoms with van der Waals surface area (Å²) in [5.41, 5.74) is 7.05. The summed E-state index contributed by atoms with van der Waals surface area (Å²) in [5.74, 6) is 0. The highest BCUT2D eigenvalue weighted by Gasteiger charge is 2.16. The van der Waals surface area contributed by atoms with Crippen LogP contribution in [0.5, 0.6) is 0 Å². The van der Waals surface area contributed by atoms with Crippen molar-refractivity contribution >= 4 is 5.69 Å². The number of hydrogen-bond donors (Lipinski definition) is 0. The van der Waals surface area contributed by atoms with E-state index in [1.54, 1.807) is 10.6 Å². The van der Waals surface area contributed by atoms with Crippen LogP contribution >= 0.6 is 0 Å². The highest BCUT2D eigenvalue weighted by atomic mass is 16.1. The standard InChI is InChI=1S/C22H23N3O/c1-15(2)25-14-18(5-7-22(25)26)20-11-19(12-23-13-20)16-4-6-21-17(10-16)8-9-24(21)3/h4-7,10-15H,8-9H2,1-3H3. The number of anilines is 1. The quantitative estimate of drug-likeness (QED) is 0.716. The maximum atomic E-state index is 12.0. The van der Waals surface area contributed by atoms with E-state index in [1.807, 2.05) is 38.5 Å². The lowest BCUT2D eigenvalue weighted by Crippen LogP contribution is -2.20. The first kappa shape index (κ1) is 16.6. The van der Waals surface area contributed by atoms with E-state index in [1.165, 1.54) is 16.8 Å². The van der Waals surface area contributed by atoms with Crippen molar-refractivity contribution in [1.82, 2.24) is 9.55 Å². The van der Waals surface area contributed by atoms with Gasteiger partial charge in [-0.2, -0.15) is 0 Å². The number of pyridine rings is 2. The van der Waals surface area contributed by atoms with Crippen molar-refractivity contribution in [3.05, 3.63) is 70.9 Å². The summed E-state index contributed by atoms with van der Waals surface area (Å²) in [4.78, 5) is 18.8. The average molecular weight is 345 g/mol. The second-order valence-corrected chi connectivity index (χ2v) is 7.23. The van der Waals surface area contributed by atoms with Gasteiger partial charge in [-0.15, -0.1) is 0 Å². The SMILES string of the molecule is CC(C)n1cc(-c2cncc(-c3ccc4c(c3)CCN4C)c2)ccc1=O. The van der Waals surface area contributed by atoms with Crippen LogP contribution < -0.4 is 10.5 Å². The maximum Gasteiger partial charge on any atom is 0.250 e. The Kier molecular flexibility index (Phi) is 4.11. The first-order chi connectivity index (χ1) is 12.5. The van der Waals surface area contributed by atoms with Crippen molar-refractivity contribution in [2.24, 2.45) is 0 Å². The van der Waals surface area contributed by atoms with Crippen LogP contribution in [0.15, 0.2) is 59.8 Å². The first-order valence-corrected chi connectivity index (χ1v) is 9.05. The number of nitrogens with zero attached hydrogens (tertiary/aromatic N) is 3. The van der Waals surface area contributed by atoms with Crippen LogP contribution in [0.1, 0.15) is 25.5 Å². The second-order valence-electron chi connectivity index (χ2n) is 7.23. The number of hydrogen-bond acceptors (Lipinski definition) is 3. The molecule has 3 heterocycles. The molecule has 0 saturated heterocycles. The number of likely N-dealkylation sites (N-methyl/N-ethyl adjacent to an activating group) is 1. The van der Waals surface area contributed by atoms with Crippen molar-refractivity contribution in [3.8, 4) is 22.3 Å². The Bertz CT molecular complexity index is 1020. The van der Waals surface area contributed by atoms with Gasteiger partial charge in [0, 0.05) is 61.1 Å². The van der Waals surface area contributed by atoms with E-state index in [9.17, 15) is 4.79 Å². The zero-order valence-electron chi connectivity index (χ0n) is 15.4. The minimum Gasteiger partial charge on any atom is -0.374 e. The average Bonchev–Trinajstić information content (AvgIpc) is 3.02. The third kappa shape index (κ3) is 2.92. The van der Waals surface area contributed by atoms with E-state index in [2.05, 4.69) is 41.2 Å². The molecule has 0 saturated carbocycles. The normalized spacial score (nSPS) is 13.3. The number of rotatable bonds is 3. The van der Waals surface area contributed by atoms with E-state index < -0.39 is 0 Å². The van der Waals surface area contributed by atoms with Crippen molar-refractivity contribution in [2.75, 3.05) is 18.5 Å². The smallest absolute Gasteiger partial charge is 0.250 e. The highest BCUT2D eigenvalue weighted by molar-refractivity contribution is 5.74. The molecule has 0 unspecified atom stereocenters. The zero-order valence-corrected chi connectivity index (χ0v) is 15.4. The lowest BCUT2D eigenvalue weighted by molar-refractivity contribution is 0.579. The topological polar surface area (TPSA) is 38.1 Å². The van der Waals surface area contributed by atoms with Crippen LogP contribution in [0.25, 0.3) is 22.3 Å². The Labute approximate surface area is 153 Å². The van der Waals surface area contributed by atoms with Crippen LogP contribution in [-0.4, -0.2) is 23.1 Å². The maximum absolute atomic E-state index is 12.0. The predicted octanol–water partition coefficient (Wildman–Crippen LogP) is 4.15. The van der Waals surface area contributed by atoms with Gasteiger partial charge in [-0.05, 0) is 61.2 Å². The fraction of sp³-hybridized carbons (Fsp3) is 0.273. The lowest BCUT2D eigenvalue weighted by Gasteiger charge is -2.13. The van der Waals surface area contributed by atoms with Crippen molar-refractivity contribution in [1.29, 1.82) is 0 Å². The van der Waals surface area contributed by atoms with Gasteiger partial charge in [0.25, 0.3) is 5.56 Å². The largest absolute Gasteiger partial charge is 0.374 e. The van der Waals surface area contributed by atoms with Gasteiger partial charge in [0.15, 0.2) is 0 Å². The molecule has 0 spiro atoms. The molecule has 4 heteroatoms. The number of fused-ring (bicyclic) bond motifs is 1. The molecule has 0 fully saturated rings. The van der Waals surface area contributed by atoms with E-state index in [4.69, 9.17) is 0 Å². The molecule has 4 rings (SSSR count). The van der Waals surface area contributed by atoms with Crippen LogP contribution in [0.4, 0.5) is 5.69 Å². The molecule has 0 atom stereocenters. The van der Waals surface area contributed by atoms with Gasteiger partial charge in [0.2, 0.25) is 0 Å². The van der Waals surface area contributed by atoms with E-state index >= 15 is 0 Å². The molecule has 0 amide bonds. The number of aromatic nitrogens is 2. The van der Waals surface area contributed by atoms with Gasteiger partial charge >= 0.3 is 0 Å². The van der Waals surface area contributed by atoms with Gasteiger partial charge in [-0.1, -0.05) is 6.07 Å². The molecule has 0 radical (unpaired) electrons. The summed E-state index contributed by atoms with van der Waals surface area (Å²) in [6.07, 6.45) is 6.77. The molecule has 0 N–H and O–H groups in total. The third-order valence-corrected chi connectivity index (χ3v) is 5.11. The molecule has 3 aromatic rings. The monoisotopic (exact) mass is 345 g/mol. The highest BCUT2D eigenvalue weighted by Crippen LogP contribution is 2.32. The van der Waals surface area contributed by atoms with E-state index in [0.29, 0.717) is 0 Å². The Hall–Kier alpha value is -2.88. The Morgan fingerprint density at radius 2 is 1.69 bits per heavy atom. The molecule has 1 aliphatic heterocycles. The molecule has 2 aromatic heterocycles. The summed E-state index contributed by atoms with van der Waals surface area (Å²) < 4.78 is 1.76. The van der Waals surface area contributed by atoms with Crippen LogP contribution in [0.2, 0.25) is 0 Å². The Balaban J connectivity index is 1.74. The fourth-order valence-corrected chi connectivity index (χ4v) is 3.58. The minimum absolute atomic E-state index is 0.0237. The van der Waals surface area contributed by atoms with Gasteiger partial charge in [0.05, 0.1) is 0 Å². The molecule has 132 valence electrons. The molecule has 4 nitrogen and oxygen atoms in total.